The monoisotopic (exact) mass is 410 g/mol. The third kappa shape index (κ3) is 3.35. The summed E-state index contributed by atoms with van der Waals surface area (Å²) in [4.78, 5) is 11.0. The van der Waals surface area contributed by atoms with Gasteiger partial charge in [0, 0.05) is 8.95 Å². The van der Waals surface area contributed by atoms with Crippen molar-refractivity contribution in [1.29, 1.82) is 0 Å². The molecule has 0 fully saturated rings. The first kappa shape index (κ1) is 16.2. The molecule has 1 rings (SSSR count). The second-order valence-electron chi connectivity index (χ2n) is 3.38. The van der Waals surface area contributed by atoms with Gasteiger partial charge in [-0.05, 0) is 28.1 Å². The van der Waals surface area contributed by atoms with Crippen LogP contribution in [0.4, 0.5) is 33.3 Å². The first-order chi connectivity index (χ1) is 8.46. The minimum absolute atomic E-state index is 0.0608. The number of amides is 1. The van der Waals surface area contributed by atoms with Crippen LogP contribution in [-0.4, -0.2) is 18.0 Å². The first-order valence-electron chi connectivity index (χ1n) is 4.47. The highest BCUT2D eigenvalue weighted by molar-refractivity contribution is 9.11. The molecule has 0 spiro atoms. The lowest BCUT2D eigenvalue weighted by Crippen LogP contribution is -2.47. The van der Waals surface area contributed by atoms with E-state index in [4.69, 9.17) is 5.73 Å². The molecule has 0 radical (unpaired) electrons. The Morgan fingerprint density at radius 1 is 1.16 bits per heavy atom. The van der Waals surface area contributed by atoms with E-state index in [-0.39, 0.29) is 15.8 Å². The number of hydrogen-bond donors (Lipinski definition) is 2. The van der Waals surface area contributed by atoms with Gasteiger partial charge < -0.3 is 11.1 Å². The molecule has 1 aromatic rings. The maximum Gasteiger partial charge on any atom is 0.463 e. The molecule has 1 aromatic carbocycles. The molecule has 0 bridgehead atoms. The number of nitrogen functional groups attached to an aromatic ring is 1. The number of benzene rings is 1. The van der Waals surface area contributed by atoms with Crippen molar-refractivity contribution in [2.24, 2.45) is 0 Å². The molecule has 0 saturated carbocycles. The summed E-state index contributed by atoms with van der Waals surface area (Å²) in [6, 6.07) is 2.57. The lowest BCUT2D eigenvalue weighted by atomic mass is 10.2. The SMILES string of the molecule is Nc1cc(Br)cc(Br)c1NC(=O)C(F)(F)C(F)(F)F. The van der Waals surface area contributed by atoms with E-state index in [2.05, 4.69) is 31.9 Å². The van der Waals surface area contributed by atoms with Crippen molar-refractivity contribution in [1.82, 2.24) is 0 Å². The number of rotatable bonds is 2. The standard InChI is InChI=1S/C9H5Br2F5N2O/c10-3-1-4(11)6(5(17)2-3)18-7(19)8(12,13)9(14,15)16/h1-2H,17H2,(H,18,19). The van der Waals surface area contributed by atoms with Crippen molar-refractivity contribution in [3.05, 3.63) is 21.1 Å². The number of halogens is 7. The molecule has 19 heavy (non-hydrogen) atoms. The Kier molecular flexibility index (Phi) is 4.45. The lowest BCUT2D eigenvalue weighted by molar-refractivity contribution is -0.267. The molecule has 0 saturated heterocycles. The van der Waals surface area contributed by atoms with E-state index >= 15 is 0 Å². The zero-order valence-electron chi connectivity index (χ0n) is 8.79. The Morgan fingerprint density at radius 3 is 2.11 bits per heavy atom. The van der Waals surface area contributed by atoms with Gasteiger partial charge in [-0.15, -0.1) is 0 Å². The van der Waals surface area contributed by atoms with E-state index in [0.717, 1.165) is 0 Å². The van der Waals surface area contributed by atoms with Gasteiger partial charge in [0.2, 0.25) is 0 Å². The fourth-order valence-electron chi connectivity index (χ4n) is 1.05. The lowest BCUT2D eigenvalue weighted by Gasteiger charge is -2.19. The number of nitrogens with one attached hydrogen (secondary N) is 1. The Morgan fingerprint density at radius 2 is 1.68 bits per heavy atom. The van der Waals surface area contributed by atoms with Gasteiger partial charge in [-0.2, -0.15) is 22.0 Å². The minimum atomic E-state index is -5.98. The zero-order chi connectivity index (χ0) is 15.0. The molecular weight excluding hydrogens is 407 g/mol. The largest absolute Gasteiger partial charge is 0.463 e. The summed E-state index contributed by atoms with van der Waals surface area (Å²) in [5.74, 6) is -8.01. The van der Waals surface area contributed by atoms with Crippen molar-refractivity contribution in [3.63, 3.8) is 0 Å². The van der Waals surface area contributed by atoms with Crippen molar-refractivity contribution in [3.8, 4) is 0 Å². The topological polar surface area (TPSA) is 55.1 Å². The number of carbonyl (C=O) groups excluding carboxylic acids is 1. The van der Waals surface area contributed by atoms with Gasteiger partial charge in [0.25, 0.3) is 0 Å². The molecule has 3 nitrogen and oxygen atoms in total. The normalized spacial score (nSPS) is 12.4. The average molecular weight is 412 g/mol. The van der Waals surface area contributed by atoms with Crippen LogP contribution in [-0.2, 0) is 4.79 Å². The minimum Gasteiger partial charge on any atom is -0.397 e. The van der Waals surface area contributed by atoms with E-state index in [1.54, 1.807) is 0 Å². The summed E-state index contributed by atoms with van der Waals surface area (Å²) in [7, 11) is 0. The van der Waals surface area contributed by atoms with Gasteiger partial charge in [-0.3, -0.25) is 4.79 Å². The van der Waals surface area contributed by atoms with Crippen LogP contribution in [0.3, 0.4) is 0 Å². The van der Waals surface area contributed by atoms with Crippen LogP contribution in [0.1, 0.15) is 0 Å². The predicted octanol–water partition coefficient (Wildman–Crippen LogP) is 3.93. The summed E-state index contributed by atoms with van der Waals surface area (Å²) in [6.45, 7) is 0. The van der Waals surface area contributed by atoms with Gasteiger partial charge in [0.05, 0.1) is 11.4 Å². The summed E-state index contributed by atoms with van der Waals surface area (Å²) in [5, 5.41) is 1.45. The highest BCUT2D eigenvalue weighted by atomic mass is 79.9. The molecule has 0 aromatic heterocycles. The number of hydrogen-bond acceptors (Lipinski definition) is 2. The average Bonchev–Trinajstić information content (AvgIpc) is 2.21. The van der Waals surface area contributed by atoms with E-state index in [9.17, 15) is 26.7 Å². The smallest absolute Gasteiger partial charge is 0.397 e. The number of carbonyl (C=O) groups is 1. The maximum atomic E-state index is 12.8. The maximum absolute atomic E-state index is 12.8. The van der Waals surface area contributed by atoms with Crippen molar-refractivity contribution < 1.29 is 26.7 Å². The molecule has 0 heterocycles. The van der Waals surface area contributed by atoms with Crippen LogP contribution in [0.15, 0.2) is 21.1 Å². The Balaban J connectivity index is 3.08. The van der Waals surface area contributed by atoms with Gasteiger partial charge in [-0.1, -0.05) is 15.9 Å². The molecule has 3 N–H and O–H groups in total. The molecule has 1 amide bonds. The zero-order valence-corrected chi connectivity index (χ0v) is 12.0. The Labute approximate surface area is 120 Å². The molecular formula is C9H5Br2F5N2O. The third-order valence-corrected chi connectivity index (χ3v) is 3.05. The van der Waals surface area contributed by atoms with E-state index in [0.29, 0.717) is 4.47 Å². The van der Waals surface area contributed by atoms with E-state index in [1.165, 1.54) is 17.4 Å². The van der Waals surface area contributed by atoms with Crippen LogP contribution in [0.2, 0.25) is 0 Å². The molecule has 0 unspecified atom stereocenters. The highest BCUT2D eigenvalue weighted by Gasteiger charge is 2.63. The molecule has 0 aliphatic rings. The highest BCUT2D eigenvalue weighted by Crippen LogP contribution is 2.38. The van der Waals surface area contributed by atoms with Crippen molar-refractivity contribution in [2.45, 2.75) is 12.1 Å². The van der Waals surface area contributed by atoms with Gasteiger partial charge in [0.1, 0.15) is 0 Å². The fourth-order valence-corrected chi connectivity index (χ4v) is 2.40. The van der Waals surface area contributed by atoms with E-state index in [1.807, 2.05) is 0 Å². The van der Waals surface area contributed by atoms with Crippen LogP contribution in [0.25, 0.3) is 0 Å². The summed E-state index contributed by atoms with van der Waals surface area (Å²) >= 11 is 5.93. The fraction of sp³-hybridized carbons (Fsp3) is 0.222. The molecule has 0 aliphatic carbocycles. The van der Waals surface area contributed by atoms with Gasteiger partial charge >= 0.3 is 18.0 Å². The summed E-state index contributed by atoms with van der Waals surface area (Å²) in [5.41, 5.74) is 4.88. The van der Waals surface area contributed by atoms with Crippen LogP contribution in [0.5, 0.6) is 0 Å². The molecule has 0 atom stereocenters. The first-order valence-corrected chi connectivity index (χ1v) is 6.06. The summed E-state index contributed by atoms with van der Waals surface area (Å²) in [6.07, 6.45) is -5.98. The van der Waals surface area contributed by atoms with E-state index < -0.39 is 18.0 Å². The van der Waals surface area contributed by atoms with Crippen molar-refractivity contribution >= 4 is 49.1 Å². The third-order valence-electron chi connectivity index (χ3n) is 1.97. The van der Waals surface area contributed by atoms with Gasteiger partial charge in [-0.25, -0.2) is 0 Å². The number of anilines is 2. The number of nitrogens with two attached hydrogens (primary N) is 1. The molecule has 106 valence electrons. The molecule has 10 heteroatoms. The molecule has 0 aliphatic heterocycles. The number of alkyl halides is 5. The van der Waals surface area contributed by atoms with Crippen molar-refractivity contribution in [2.75, 3.05) is 11.1 Å². The predicted molar refractivity (Wildman–Crippen MR) is 65.9 cm³/mol. The summed E-state index contributed by atoms with van der Waals surface area (Å²) < 4.78 is 62.0. The Bertz CT molecular complexity index is 495. The second-order valence-corrected chi connectivity index (χ2v) is 5.15. The van der Waals surface area contributed by atoms with Crippen LogP contribution >= 0.6 is 31.9 Å². The Hall–Kier alpha value is -0.900. The quantitative estimate of drug-likeness (QED) is 0.572. The van der Waals surface area contributed by atoms with Crippen LogP contribution < -0.4 is 11.1 Å². The van der Waals surface area contributed by atoms with Crippen LogP contribution in [0, 0.1) is 0 Å². The second kappa shape index (κ2) is 5.23. The van der Waals surface area contributed by atoms with Gasteiger partial charge in [0.15, 0.2) is 0 Å².